The molecule has 5 rings (SSSR count). The molecular weight excluding hydrogens is 487 g/mol. The number of fused-ring (bicyclic) bond motifs is 1. The number of carbonyl (C=O) groups is 2. The number of methoxy groups -OCH3 is 1. The number of carbonyl (C=O) groups excluding carboxylic acids is 2. The normalized spacial score (nSPS) is 11.1. The number of halogens is 2. The van der Waals surface area contributed by atoms with Crippen molar-refractivity contribution in [2.75, 3.05) is 7.11 Å². The number of aromatic nitrogens is 4. The van der Waals surface area contributed by atoms with E-state index in [1.165, 1.54) is 23.9 Å². The fourth-order valence-corrected chi connectivity index (χ4v) is 4.28. The fraction of sp³-hybridized carbons (Fsp3) is 0.115. The van der Waals surface area contributed by atoms with Gasteiger partial charge in [0.1, 0.15) is 11.5 Å². The summed E-state index contributed by atoms with van der Waals surface area (Å²) >= 11 is 6.37. The first-order chi connectivity index (χ1) is 17.3. The Labute approximate surface area is 209 Å². The summed E-state index contributed by atoms with van der Waals surface area (Å²) in [4.78, 5) is 29.7. The number of hydrogen-bond acceptors (Lipinski definition) is 7. The van der Waals surface area contributed by atoms with Gasteiger partial charge in [-0.15, -0.1) is 0 Å². The maximum Gasteiger partial charge on any atom is 0.337 e. The first-order valence-electron chi connectivity index (χ1n) is 10.8. The van der Waals surface area contributed by atoms with Gasteiger partial charge in [-0.3, -0.25) is 4.79 Å². The number of rotatable bonds is 4. The zero-order valence-electron chi connectivity index (χ0n) is 19.4. The summed E-state index contributed by atoms with van der Waals surface area (Å²) in [5, 5.41) is 9.08. The second kappa shape index (κ2) is 9.01. The molecule has 0 amide bonds. The molecule has 10 heteroatoms. The van der Waals surface area contributed by atoms with Crippen molar-refractivity contribution in [3.63, 3.8) is 0 Å². The summed E-state index contributed by atoms with van der Waals surface area (Å²) in [6, 6.07) is 14.1. The fourth-order valence-electron chi connectivity index (χ4n) is 3.98. The smallest absolute Gasteiger partial charge is 0.337 e. The van der Waals surface area contributed by atoms with Crippen LogP contribution in [0.25, 0.3) is 33.6 Å². The lowest BCUT2D eigenvalue weighted by Gasteiger charge is -2.08. The van der Waals surface area contributed by atoms with Gasteiger partial charge in [0, 0.05) is 16.5 Å². The van der Waals surface area contributed by atoms with Crippen molar-refractivity contribution in [2.45, 2.75) is 13.8 Å². The third-order valence-electron chi connectivity index (χ3n) is 5.73. The number of hydrogen-bond donors (Lipinski definition) is 0. The summed E-state index contributed by atoms with van der Waals surface area (Å²) < 4.78 is 26.3. The lowest BCUT2D eigenvalue weighted by molar-refractivity contribution is 0.0600. The van der Waals surface area contributed by atoms with Crippen molar-refractivity contribution in [2.24, 2.45) is 0 Å². The number of aryl methyl sites for hydroxylation is 2. The molecule has 0 spiro atoms. The summed E-state index contributed by atoms with van der Waals surface area (Å²) in [7, 11) is 1.22. The van der Waals surface area contributed by atoms with Gasteiger partial charge in [-0.25, -0.2) is 9.18 Å². The van der Waals surface area contributed by atoms with Crippen molar-refractivity contribution in [1.29, 1.82) is 0 Å². The Kier molecular flexibility index (Phi) is 5.85. The lowest BCUT2D eigenvalue weighted by Crippen LogP contribution is -2.15. The molecule has 0 fully saturated rings. The first kappa shape index (κ1) is 23.4. The predicted octanol–water partition coefficient (Wildman–Crippen LogP) is 5.64. The zero-order valence-corrected chi connectivity index (χ0v) is 20.1. The van der Waals surface area contributed by atoms with Crippen LogP contribution >= 0.6 is 11.6 Å². The minimum Gasteiger partial charge on any atom is -0.465 e. The van der Waals surface area contributed by atoms with E-state index >= 15 is 4.39 Å². The molecule has 2 heterocycles. The monoisotopic (exact) mass is 504 g/mol. The van der Waals surface area contributed by atoms with Crippen LogP contribution in [-0.4, -0.2) is 38.9 Å². The van der Waals surface area contributed by atoms with E-state index in [-0.39, 0.29) is 33.3 Å². The third kappa shape index (κ3) is 3.93. The Bertz CT molecular complexity index is 1650. The summed E-state index contributed by atoms with van der Waals surface area (Å²) in [5.74, 6) is -1.13. The van der Waals surface area contributed by atoms with Crippen molar-refractivity contribution < 1.29 is 23.2 Å². The van der Waals surface area contributed by atoms with E-state index in [0.717, 1.165) is 6.07 Å². The van der Waals surface area contributed by atoms with E-state index in [1.54, 1.807) is 50.2 Å². The maximum absolute atomic E-state index is 15.2. The van der Waals surface area contributed by atoms with Gasteiger partial charge in [-0.2, -0.15) is 14.8 Å². The van der Waals surface area contributed by atoms with E-state index in [0.29, 0.717) is 27.9 Å². The van der Waals surface area contributed by atoms with Gasteiger partial charge in [0.25, 0.3) is 11.8 Å². The van der Waals surface area contributed by atoms with Crippen LogP contribution < -0.4 is 0 Å². The number of nitrogens with zero attached hydrogens (tertiary/aromatic N) is 4. The zero-order chi connectivity index (χ0) is 25.6. The van der Waals surface area contributed by atoms with Gasteiger partial charge in [0.05, 0.1) is 28.8 Å². The number of benzene rings is 3. The SMILES string of the molecule is COC(=O)c1ccc(-c2nn(C(=O)c3c(C)cccc3Cl)c3cc(-c4nc(C)no4)ccc23)c(F)c1. The number of esters is 1. The summed E-state index contributed by atoms with van der Waals surface area (Å²) in [6.45, 7) is 3.46. The predicted molar refractivity (Wildman–Crippen MR) is 130 cm³/mol. The van der Waals surface area contributed by atoms with Crippen LogP contribution in [-0.2, 0) is 4.74 Å². The van der Waals surface area contributed by atoms with Crippen LogP contribution in [0.3, 0.4) is 0 Å². The van der Waals surface area contributed by atoms with E-state index in [4.69, 9.17) is 16.1 Å². The van der Waals surface area contributed by atoms with Crippen LogP contribution in [0.4, 0.5) is 4.39 Å². The number of ether oxygens (including phenoxy) is 1. The van der Waals surface area contributed by atoms with E-state index in [9.17, 15) is 9.59 Å². The largest absolute Gasteiger partial charge is 0.465 e. The maximum atomic E-state index is 15.2. The van der Waals surface area contributed by atoms with E-state index < -0.39 is 17.7 Å². The Hall–Kier alpha value is -4.37. The van der Waals surface area contributed by atoms with Crippen LogP contribution in [0, 0.1) is 19.7 Å². The third-order valence-corrected chi connectivity index (χ3v) is 6.04. The molecule has 5 aromatic rings. The first-order valence-corrected chi connectivity index (χ1v) is 11.2. The molecular formula is C26H18ClFN4O4. The van der Waals surface area contributed by atoms with Gasteiger partial charge in [0.15, 0.2) is 5.82 Å². The molecule has 36 heavy (non-hydrogen) atoms. The standard InChI is InChI=1S/C26H18ClFN4O4/c1-13-5-4-6-19(27)22(13)25(33)32-21-12-15(24-29-14(2)31-36-24)7-10-18(21)23(30-32)17-9-8-16(11-20(17)28)26(34)35-3/h4-12H,1-3H3. The van der Waals surface area contributed by atoms with Gasteiger partial charge in [-0.1, -0.05) is 28.9 Å². The van der Waals surface area contributed by atoms with Crippen LogP contribution in [0.2, 0.25) is 5.02 Å². The Morgan fingerprint density at radius 3 is 2.56 bits per heavy atom. The molecule has 0 aliphatic heterocycles. The highest BCUT2D eigenvalue weighted by Crippen LogP contribution is 2.34. The molecule has 0 saturated carbocycles. The highest BCUT2D eigenvalue weighted by molar-refractivity contribution is 6.34. The van der Waals surface area contributed by atoms with Crippen molar-refractivity contribution >= 4 is 34.4 Å². The van der Waals surface area contributed by atoms with Crippen molar-refractivity contribution in [1.82, 2.24) is 19.9 Å². The molecule has 0 N–H and O–H groups in total. The van der Waals surface area contributed by atoms with Crippen molar-refractivity contribution in [3.8, 4) is 22.7 Å². The van der Waals surface area contributed by atoms with Crippen LogP contribution in [0.5, 0.6) is 0 Å². The average Bonchev–Trinajstić information content (AvgIpc) is 3.46. The van der Waals surface area contributed by atoms with Crippen LogP contribution in [0.15, 0.2) is 59.1 Å². The molecule has 0 bridgehead atoms. The van der Waals surface area contributed by atoms with Gasteiger partial charge in [-0.05, 0) is 61.9 Å². The minimum atomic E-state index is -0.692. The quantitative estimate of drug-likeness (QED) is 0.292. The Balaban J connectivity index is 1.75. The highest BCUT2D eigenvalue weighted by atomic mass is 35.5. The van der Waals surface area contributed by atoms with Crippen LogP contribution in [0.1, 0.15) is 32.1 Å². The highest BCUT2D eigenvalue weighted by Gasteiger charge is 2.24. The molecule has 0 atom stereocenters. The van der Waals surface area contributed by atoms with E-state index in [1.807, 2.05) is 0 Å². The second-order valence-electron chi connectivity index (χ2n) is 8.06. The van der Waals surface area contributed by atoms with Crippen molar-refractivity contribution in [3.05, 3.63) is 88.0 Å². The molecule has 0 radical (unpaired) electrons. The van der Waals surface area contributed by atoms with Gasteiger partial charge in [0.2, 0.25) is 0 Å². The Morgan fingerprint density at radius 1 is 1.08 bits per heavy atom. The minimum absolute atomic E-state index is 0.0549. The molecule has 0 aliphatic rings. The Morgan fingerprint density at radius 2 is 1.89 bits per heavy atom. The summed E-state index contributed by atoms with van der Waals surface area (Å²) in [5.41, 5.74) is 2.26. The van der Waals surface area contributed by atoms with Gasteiger partial charge >= 0.3 is 5.97 Å². The average molecular weight is 505 g/mol. The van der Waals surface area contributed by atoms with Gasteiger partial charge < -0.3 is 9.26 Å². The molecule has 2 aromatic heterocycles. The molecule has 180 valence electrons. The summed E-state index contributed by atoms with van der Waals surface area (Å²) in [6.07, 6.45) is 0. The molecule has 0 unspecified atom stereocenters. The van der Waals surface area contributed by atoms with E-state index in [2.05, 4.69) is 20.0 Å². The lowest BCUT2D eigenvalue weighted by atomic mass is 10.0. The second-order valence-corrected chi connectivity index (χ2v) is 8.47. The topological polar surface area (TPSA) is 100 Å². The molecule has 8 nitrogen and oxygen atoms in total. The molecule has 3 aromatic carbocycles. The molecule has 0 aliphatic carbocycles. The molecule has 0 saturated heterocycles.